The average molecular weight is 298 g/mol. The first kappa shape index (κ1) is 13.3. The highest BCUT2D eigenvalue weighted by molar-refractivity contribution is 9.10. The third-order valence-electron chi connectivity index (χ3n) is 1.95. The van der Waals surface area contributed by atoms with E-state index in [-0.39, 0.29) is 6.61 Å². The standard InChI is InChI=1S/C10H11BrF3NO/c11-8-6-7(10(12,13)14)2-3-9(8)15-4-1-5-16/h2-3,6,15-16H,1,4-5H2. The van der Waals surface area contributed by atoms with Crippen molar-refractivity contribution < 1.29 is 18.3 Å². The molecule has 0 saturated heterocycles. The zero-order chi connectivity index (χ0) is 12.2. The van der Waals surface area contributed by atoms with Crippen molar-refractivity contribution in [2.45, 2.75) is 12.6 Å². The molecule has 0 aliphatic rings. The van der Waals surface area contributed by atoms with Crippen molar-refractivity contribution in [3.05, 3.63) is 28.2 Å². The molecule has 0 radical (unpaired) electrons. The highest BCUT2D eigenvalue weighted by Crippen LogP contribution is 2.33. The molecule has 0 unspecified atom stereocenters. The molecule has 1 aromatic rings. The smallest absolute Gasteiger partial charge is 0.396 e. The third kappa shape index (κ3) is 3.68. The number of hydrogen-bond acceptors (Lipinski definition) is 2. The van der Waals surface area contributed by atoms with E-state index in [1.165, 1.54) is 6.07 Å². The lowest BCUT2D eigenvalue weighted by Crippen LogP contribution is -2.07. The van der Waals surface area contributed by atoms with Gasteiger partial charge < -0.3 is 10.4 Å². The Morgan fingerprint density at radius 3 is 2.50 bits per heavy atom. The Bertz CT molecular complexity index is 354. The van der Waals surface area contributed by atoms with Gasteiger partial charge in [-0.2, -0.15) is 13.2 Å². The number of hydrogen-bond donors (Lipinski definition) is 2. The summed E-state index contributed by atoms with van der Waals surface area (Å²) in [6.07, 6.45) is -3.78. The highest BCUT2D eigenvalue weighted by atomic mass is 79.9. The molecule has 0 heterocycles. The number of aliphatic hydroxyl groups is 1. The van der Waals surface area contributed by atoms with E-state index in [0.29, 0.717) is 23.1 Å². The van der Waals surface area contributed by atoms with Gasteiger partial charge in [0.25, 0.3) is 0 Å². The van der Waals surface area contributed by atoms with Gasteiger partial charge in [-0.25, -0.2) is 0 Å². The Hall–Kier alpha value is -0.750. The van der Waals surface area contributed by atoms with Crippen LogP contribution in [0.1, 0.15) is 12.0 Å². The monoisotopic (exact) mass is 297 g/mol. The van der Waals surface area contributed by atoms with Crippen LogP contribution in [-0.4, -0.2) is 18.3 Å². The molecule has 1 rings (SSSR count). The molecule has 0 fully saturated rings. The minimum Gasteiger partial charge on any atom is -0.396 e. The predicted octanol–water partition coefficient (Wildman–Crippen LogP) is 3.26. The summed E-state index contributed by atoms with van der Waals surface area (Å²) in [6, 6.07) is 3.41. The molecular weight excluding hydrogens is 287 g/mol. The summed E-state index contributed by atoms with van der Waals surface area (Å²) in [6.45, 7) is 0.561. The van der Waals surface area contributed by atoms with Crippen molar-refractivity contribution in [2.75, 3.05) is 18.5 Å². The van der Waals surface area contributed by atoms with Crippen molar-refractivity contribution in [1.82, 2.24) is 0 Å². The summed E-state index contributed by atoms with van der Waals surface area (Å²) < 4.78 is 37.4. The zero-order valence-corrected chi connectivity index (χ0v) is 9.90. The number of rotatable bonds is 4. The second-order valence-corrected chi connectivity index (χ2v) is 4.05. The van der Waals surface area contributed by atoms with Gasteiger partial charge >= 0.3 is 6.18 Å². The maximum atomic E-state index is 12.3. The van der Waals surface area contributed by atoms with Crippen molar-refractivity contribution in [2.24, 2.45) is 0 Å². The summed E-state index contributed by atoms with van der Waals surface area (Å²) in [5, 5.41) is 11.5. The lowest BCUT2D eigenvalue weighted by atomic mass is 10.2. The van der Waals surface area contributed by atoms with Crippen molar-refractivity contribution in [3.8, 4) is 0 Å². The van der Waals surface area contributed by atoms with Gasteiger partial charge in [-0.1, -0.05) is 0 Å². The normalized spacial score (nSPS) is 11.6. The maximum Gasteiger partial charge on any atom is 0.416 e. The zero-order valence-electron chi connectivity index (χ0n) is 8.31. The number of aliphatic hydroxyl groups excluding tert-OH is 1. The molecule has 0 aliphatic heterocycles. The maximum absolute atomic E-state index is 12.3. The van der Waals surface area contributed by atoms with E-state index >= 15 is 0 Å². The molecule has 0 saturated carbocycles. The van der Waals surface area contributed by atoms with Gasteiger partial charge in [0.15, 0.2) is 0 Å². The first-order chi connectivity index (χ1) is 7.45. The molecule has 6 heteroatoms. The lowest BCUT2D eigenvalue weighted by molar-refractivity contribution is -0.137. The summed E-state index contributed by atoms with van der Waals surface area (Å²) in [5.41, 5.74) is -0.103. The topological polar surface area (TPSA) is 32.3 Å². The van der Waals surface area contributed by atoms with Crippen LogP contribution in [0.5, 0.6) is 0 Å². The van der Waals surface area contributed by atoms with Crippen LogP contribution in [0.2, 0.25) is 0 Å². The van der Waals surface area contributed by atoms with Gasteiger partial charge in [-0.15, -0.1) is 0 Å². The van der Waals surface area contributed by atoms with E-state index in [2.05, 4.69) is 21.2 Å². The number of halogens is 4. The summed E-state index contributed by atoms with van der Waals surface area (Å²) >= 11 is 3.07. The van der Waals surface area contributed by atoms with Crippen LogP contribution in [-0.2, 0) is 6.18 Å². The average Bonchev–Trinajstić information content (AvgIpc) is 2.19. The van der Waals surface area contributed by atoms with E-state index in [1.54, 1.807) is 0 Å². The molecule has 0 atom stereocenters. The first-order valence-electron chi connectivity index (χ1n) is 4.66. The van der Waals surface area contributed by atoms with Crippen molar-refractivity contribution >= 4 is 21.6 Å². The largest absolute Gasteiger partial charge is 0.416 e. The number of benzene rings is 1. The van der Waals surface area contributed by atoms with Gasteiger partial charge in [-0.05, 0) is 40.5 Å². The molecule has 2 nitrogen and oxygen atoms in total. The van der Waals surface area contributed by atoms with Crippen LogP contribution in [0, 0.1) is 0 Å². The number of nitrogens with one attached hydrogen (secondary N) is 1. The first-order valence-corrected chi connectivity index (χ1v) is 5.46. The van der Waals surface area contributed by atoms with Crippen molar-refractivity contribution in [1.29, 1.82) is 0 Å². The fourth-order valence-corrected chi connectivity index (χ4v) is 1.66. The molecule has 0 aliphatic carbocycles. The van der Waals surface area contributed by atoms with Gasteiger partial charge in [0.1, 0.15) is 0 Å². The molecule has 0 spiro atoms. The summed E-state index contributed by atoms with van der Waals surface area (Å²) in [4.78, 5) is 0. The lowest BCUT2D eigenvalue weighted by Gasteiger charge is -2.11. The Labute approximate surface area is 99.6 Å². The minimum atomic E-state index is -4.33. The van der Waals surface area contributed by atoms with Crippen LogP contribution in [0.4, 0.5) is 18.9 Å². The summed E-state index contributed by atoms with van der Waals surface area (Å²) in [5.74, 6) is 0. The van der Waals surface area contributed by atoms with Crippen LogP contribution in [0.3, 0.4) is 0 Å². The summed E-state index contributed by atoms with van der Waals surface area (Å²) in [7, 11) is 0. The molecule has 2 N–H and O–H groups in total. The van der Waals surface area contributed by atoms with Crippen LogP contribution < -0.4 is 5.32 Å². The molecule has 0 aromatic heterocycles. The second-order valence-electron chi connectivity index (χ2n) is 3.20. The molecule has 90 valence electrons. The molecule has 16 heavy (non-hydrogen) atoms. The minimum absolute atomic E-state index is 0.0469. The Kier molecular flexibility index (Phi) is 4.61. The van der Waals surface area contributed by atoms with Crippen LogP contribution in [0.25, 0.3) is 0 Å². The van der Waals surface area contributed by atoms with Gasteiger partial charge in [0, 0.05) is 23.3 Å². The van der Waals surface area contributed by atoms with E-state index in [4.69, 9.17) is 5.11 Å². The Morgan fingerprint density at radius 2 is 2.00 bits per heavy atom. The van der Waals surface area contributed by atoms with Gasteiger partial charge in [0.2, 0.25) is 0 Å². The van der Waals surface area contributed by atoms with Crippen LogP contribution >= 0.6 is 15.9 Å². The van der Waals surface area contributed by atoms with E-state index in [1.807, 2.05) is 0 Å². The SMILES string of the molecule is OCCCNc1ccc(C(F)(F)F)cc1Br. The fraction of sp³-hybridized carbons (Fsp3) is 0.400. The quantitative estimate of drug-likeness (QED) is 0.836. The molecule has 0 bridgehead atoms. The Balaban J connectivity index is 2.76. The molecule has 0 amide bonds. The molecular formula is C10H11BrF3NO. The Morgan fingerprint density at radius 1 is 1.31 bits per heavy atom. The van der Waals surface area contributed by atoms with E-state index < -0.39 is 11.7 Å². The van der Waals surface area contributed by atoms with Gasteiger partial charge in [-0.3, -0.25) is 0 Å². The van der Waals surface area contributed by atoms with E-state index in [0.717, 1.165) is 12.1 Å². The van der Waals surface area contributed by atoms with Crippen molar-refractivity contribution in [3.63, 3.8) is 0 Å². The molecule has 1 aromatic carbocycles. The fourth-order valence-electron chi connectivity index (χ4n) is 1.14. The number of alkyl halides is 3. The highest BCUT2D eigenvalue weighted by Gasteiger charge is 2.30. The van der Waals surface area contributed by atoms with Gasteiger partial charge in [0.05, 0.1) is 5.56 Å². The predicted molar refractivity (Wildman–Crippen MR) is 59.3 cm³/mol. The van der Waals surface area contributed by atoms with E-state index in [9.17, 15) is 13.2 Å². The van der Waals surface area contributed by atoms with Crippen LogP contribution in [0.15, 0.2) is 22.7 Å². The third-order valence-corrected chi connectivity index (χ3v) is 2.60. The second kappa shape index (κ2) is 5.54. The number of anilines is 1.